The first-order chi connectivity index (χ1) is 26.8. The smallest absolute Gasteiger partial charge is 0.410 e. The number of hydrogen-bond acceptors (Lipinski definition) is 6. The number of hydrogen-bond donors (Lipinski definition) is 2. The summed E-state index contributed by atoms with van der Waals surface area (Å²) in [7, 11) is 0. The Balaban J connectivity index is 1.28. The van der Waals surface area contributed by atoms with Crippen LogP contribution in [0.5, 0.6) is 0 Å². The molecule has 2 saturated carbocycles. The molecule has 6 nitrogen and oxygen atoms in total. The Labute approximate surface area is 338 Å². The molecule has 298 valence electrons. The summed E-state index contributed by atoms with van der Waals surface area (Å²) in [4.78, 5) is 31.7. The lowest BCUT2D eigenvalue weighted by molar-refractivity contribution is -0.0876. The SMILES string of the molecule is CC1=CCCC2(C)C(CCC2(O)CN(Cc2ccccc2)C(=O)OC2CC(C)CCC2C(C)C)c2ccc(cc2C(=O)c2cc3ccccc3s2)CC(O)CC1. The van der Waals surface area contributed by atoms with Gasteiger partial charge in [-0.15, -0.1) is 11.3 Å². The number of amides is 1. The van der Waals surface area contributed by atoms with Crippen LogP contribution in [0.3, 0.4) is 0 Å². The zero-order valence-electron chi connectivity index (χ0n) is 34.0. The molecule has 4 aromatic rings. The number of rotatable bonds is 8. The predicted molar refractivity (Wildman–Crippen MR) is 227 cm³/mol. The van der Waals surface area contributed by atoms with E-state index >= 15 is 0 Å². The van der Waals surface area contributed by atoms with E-state index in [2.05, 4.69) is 58.9 Å². The van der Waals surface area contributed by atoms with E-state index < -0.39 is 17.1 Å². The van der Waals surface area contributed by atoms with Crippen molar-refractivity contribution in [3.8, 4) is 0 Å². The van der Waals surface area contributed by atoms with E-state index in [0.29, 0.717) is 66.8 Å². The average molecular weight is 776 g/mol. The fourth-order valence-electron chi connectivity index (χ4n) is 10.2. The van der Waals surface area contributed by atoms with E-state index in [1.165, 1.54) is 16.9 Å². The number of benzene rings is 3. The number of aliphatic hydroxyl groups excluding tert-OH is 1. The van der Waals surface area contributed by atoms with Crippen LogP contribution in [0.15, 0.2) is 90.5 Å². The van der Waals surface area contributed by atoms with Crippen molar-refractivity contribution in [2.24, 2.45) is 23.2 Å². The number of ether oxygens (including phenoxy) is 1. The van der Waals surface area contributed by atoms with Gasteiger partial charge in [0.2, 0.25) is 5.78 Å². The number of nitrogens with zero attached hydrogens (tertiary/aromatic N) is 1. The highest BCUT2D eigenvalue weighted by molar-refractivity contribution is 7.21. The number of carbonyl (C=O) groups is 2. The van der Waals surface area contributed by atoms with Gasteiger partial charge in [0.05, 0.1) is 23.1 Å². The second kappa shape index (κ2) is 17.0. The van der Waals surface area contributed by atoms with Crippen LogP contribution >= 0.6 is 11.3 Å². The van der Waals surface area contributed by atoms with Gasteiger partial charge >= 0.3 is 6.09 Å². The van der Waals surface area contributed by atoms with Crippen molar-refractivity contribution in [1.82, 2.24) is 4.90 Å². The van der Waals surface area contributed by atoms with Crippen molar-refractivity contribution in [2.45, 2.75) is 129 Å². The van der Waals surface area contributed by atoms with Gasteiger partial charge < -0.3 is 19.8 Å². The summed E-state index contributed by atoms with van der Waals surface area (Å²) in [5, 5.41) is 25.4. The molecule has 3 aromatic carbocycles. The summed E-state index contributed by atoms with van der Waals surface area (Å²) in [5.41, 5.74) is 2.81. The maximum absolute atomic E-state index is 14.7. The van der Waals surface area contributed by atoms with Gasteiger partial charge in [-0.25, -0.2) is 4.79 Å². The van der Waals surface area contributed by atoms with E-state index in [1.807, 2.05) is 60.7 Å². The Morgan fingerprint density at radius 3 is 2.50 bits per heavy atom. The van der Waals surface area contributed by atoms with E-state index in [9.17, 15) is 19.8 Å². The molecule has 1 aromatic heterocycles. The molecule has 1 heterocycles. The number of fused-ring (bicyclic) bond motifs is 9. The quantitative estimate of drug-likeness (QED) is 0.137. The van der Waals surface area contributed by atoms with Gasteiger partial charge in [0.1, 0.15) is 6.10 Å². The monoisotopic (exact) mass is 775 g/mol. The summed E-state index contributed by atoms with van der Waals surface area (Å²) < 4.78 is 7.57. The predicted octanol–water partition coefficient (Wildman–Crippen LogP) is 11.3. The Hall–Kier alpha value is -3.78. The van der Waals surface area contributed by atoms with Crippen LogP contribution in [0.25, 0.3) is 10.1 Å². The van der Waals surface area contributed by atoms with Crippen molar-refractivity contribution in [3.63, 3.8) is 0 Å². The molecule has 7 unspecified atom stereocenters. The van der Waals surface area contributed by atoms with Crippen molar-refractivity contribution >= 4 is 33.3 Å². The number of ketones is 1. The Morgan fingerprint density at radius 1 is 0.964 bits per heavy atom. The zero-order valence-corrected chi connectivity index (χ0v) is 34.8. The minimum atomic E-state index is -1.26. The molecular formula is C49H61NO5S. The minimum absolute atomic E-state index is 0.0196. The number of carbonyl (C=O) groups excluding carboxylic acids is 2. The van der Waals surface area contributed by atoms with E-state index in [4.69, 9.17) is 4.74 Å². The molecule has 56 heavy (non-hydrogen) atoms. The van der Waals surface area contributed by atoms with Gasteiger partial charge in [-0.05, 0) is 129 Å². The molecule has 8 rings (SSSR count). The number of allylic oxidation sites excluding steroid dienone is 2. The molecule has 7 atom stereocenters. The lowest BCUT2D eigenvalue weighted by atomic mass is 9.64. The molecule has 4 aliphatic rings. The number of aliphatic hydroxyl groups is 2. The first-order valence-corrected chi connectivity index (χ1v) is 21.9. The van der Waals surface area contributed by atoms with Gasteiger partial charge in [-0.1, -0.05) is 106 Å². The van der Waals surface area contributed by atoms with Crippen LogP contribution < -0.4 is 0 Å². The fourth-order valence-corrected chi connectivity index (χ4v) is 11.2. The standard InChI is InChI=1S/C49H61NO5S/c1-32(2)39-21-18-34(4)26-43(39)55-47(53)50(30-35-13-7-6-8-14-35)31-49(54)25-23-42-40-22-19-36(27-38(51)20-17-33(3)12-11-24-48(42,49)5)28-41(40)46(52)45-29-37-15-9-10-16-44(37)56-45/h6-10,12-16,19,22,28-29,32,34,38-39,42-43,51,54H,11,17-18,20-21,23-27,30-31H2,1-5H3. The highest BCUT2D eigenvalue weighted by Gasteiger charge is 2.58. The second-order valence-corrected chi connectivity index (χ2v) is 19.1. The molecule has 2 fully saturated rings. The van der Waals surface area contributed by atoms with Crippen LogP contribution in [0, 0.1) is 23.2 Å². The fraction of sp³-hybridized carbons (Fsp3) is 0.510. The van der Waals surface area contributed by atoms with Crippen LogP contribution in [0.2, 0.25) is 0 Å². The first-order valence-electron chi connectivity index (χ1n) is 21.0. The maximum atomic E-state index is 14.7. The lowest BCUT2D eigenvalue weighted by Crippen LogP contribution is -2.54. The maximum Gasteiger partial charge on any atom is 0.410 e. The molecule has 2 N–H and O–H groups in total. The third kappa shape index (κ3) is 8.56. The van der Waals surface area contributed by atoms with Crippen molar-refractivity contribution in [1.29, 1.82) is 0 Å². The third-order valence-electron chi connectivity index (χ3n) is 13.7. The second-order valence-electron chi connectivity index (χ2n) is 18.0. The summed E-state index contributed by atoms with van der Waals surface area (Å²) in [6.45, 7) is 11.5. The molecule has 1 amide bonds. The van der Waals surface area contributed by atoms with E-state index in [1.54, 1.807) is 4.90 Å². The van der Waals surface area contributed by atoms with Crippen LogP contribution in [-0.4, -0.2) is 51.3 Å². The molecule has 0 spiro atoms. The summed E-state index contributed by atoms with van der Waals surface area (Å²) in [6, 6.07) is 26.3. The molecule has 0 aliphatic heterocycles. The first kappa shape index (κ1) is 40.4. The van der Waals surface area contributed by atoms with Crippen LogP contribution in [0.4, 0.5) is 4.79 Å². The van der Waals surface area contributed by atoms with Crippen molar-refractivity contribution in [2.75, 3.05) is 6.54 Å². The Morgan fingerprint density at radius 2 is 1.73 bits per heavy atom. The van der Waals surface area contributed by atoms with Crippen LogP contribution in [-0.2, 0) is 17.7 Å². The van der Waals surface area contributed by atoms with Crippen molar-refractivity contribution in [3.05, 3.63) is 118 Å². The Bertz CT molecular complexity index is 2000. The van der Waals surface area contributed by atoms with Gasteiger partial charge in [0.25, 0.3) is 0 Å². The van der Waals surface area contributed by atoms with Gasteiger partial charge in [0.15, 0.2) is 0 Å². The minimum Gasteiger partial charge on any atom is -0.446 e. The topological polar surface area (TPSA) is 87.1 Å². The molecular weight excluding hydrogens is 715 g/mol. The average Bonchev–Trinajstić information content (AvgIpc) is 3.72. The van der Waals surface area contributed by atoms with E-state index in [-0.39, 0.29) is 30.4 Å². The highest BCUT2D eigenvalue weighted by atomic mass is 32.1. The zero-order chi connectivity index (χ0) is 39.6. The Kier molecular flexibility index (Phi) is 12.3. The summed E-state index contributed by atoms with van der Waals surface area (Å²) >= 11 is 1.51. The van der Waals surface area contributed by atoms with Crippen LogP contribution in [0.1, 0.15) is 130 Å². The van der Waals surface area contributed by atoms with Gasteiger partial charge in [-0.3, -0.25) is 4.79 Å². The molecule has 2 bridgehead atoms. The lowest BCUT2D eigenvalue weighted by Gasteiger charge is -2.46. The summed E-state index contributed by atoms with van der Waals surface area (Å²) in [6.07, 6.45) is 8.76. The van der Waals surface area contributed by atoms with Gasteiger partial charge in [-0.2, -0.15) is 0 Å². The summed E-state index contributed by atoms with van der Waals surface area (Å²) in [5.74, 6) is 1.04. The van der Waals surface area contributed by atoms with E-state index in [0.717, 1.165) is 58.9 Å². The highest BCUT2D eigenvalue weighted by Crippen LogP contribution is 2.59. The number of thiophene rings is 1. The van der Waals surface area contributed by atoms with Gasteiger partial charge in [0, 0.05) is 22.2 Å². The molecule has 0 radical (unpaired) electrons. The normalized spacial score (nSPS) is 28.4. The molecule has 4 aliphatic carbocycles. The molecule has 7 heteroatoms. The largest absolute Gasteiger partial charge is 0.446 e. The third-order valence-corrected chi connectivity index (χ3v) is 14.8. The van der Waals surface area contributed by atoms with Crippen molar-refractivity contribution < 1.29 is 24.5 Å². The molecule has 0 saturated heterocycles.